The first-order valence-corrected chi connectivity index (χ1v) is 9.00. The lowest BCUT2D eigenvalue weighted by molar-refractivity contribution is -0.393. The number of rotatable bonds is 8. The van der Waals surface area contributed by atoms with Crippen LogP contribution in [-0.2, 0) is 6.61 Å². The summed E-state index contributed by atoms with van der Waals surface area (Å²) in [5.74, 6) is 0.566. The number of hydrogen-bond acceptors (Lipinski definition) is 7. The smallest absolute Gasteiger partial charge is 0.301 e. The first kappa shape index (κ1) is 20.7. The minimum Gasteiger partial charge on any atom is -0.488 e. The standard InChI is InChI=1S/C20H15ClN4O5/c21-16-7-5-14(6-8-16)13-30-20-4-2-1-3-15(20)12-22-23-18-10-9-17(24(26)27)11-19(18)25(28)29/h1-12,23H,13H2/b22-12+. The van der Waals surface area contributed by atoms with Crippen LogP contribution < -0.4 is 10.2 Å². The molecule has 3 rings (SSSR count). The van der Waals surface area contributed by atoms with E-state index in [4.69, 9.17) is 16.3 Å². The summed E-state index contributed by atoms with van der Waals surface area (Å²) in [7, 11) is 0. The molecule has 0 heterocycles. The number of para-hydroxylation sites is 1. The Morgan fingerprint density at radius 1 is 1.00 bits per heavy atom. The number of hydrogen-bond donors (Lipinski definition) is 1. The Hall–Kier alpha value is -3.98. The summed E-state index contributed by atoms with van der Waals surface area (Å²) in [5, 5.41) is 26.7. The van der Waals surface area contributed by atoms with Gasteiger partial charge in [0.2, 0.25) is 0 Å². The van der Waals surface area contributed by atoms with Gasteiger partial charge in [0.15, 0.2) is 0 Å². The Kier molecular flexibility index (Phi) is 6.56. The number of anilines is 1. The van der Waals surface area contributed by atoms with Crippen molar-refractivity contribution < 1.29 is 14.6 Å². The SMILES string of the molecule is O=[N+]([O-])c1ccc(N/N=C/c2ccccc2OCc2ccc(Cl)cc2)c([N+](=O)[O-])c1. The van der Waals surface area contributed by atoms with Gasteiger partial charge in [-0.1, -0.05) is 35.9 Å². The van der Waals surface area contributed by atoms with E-state index >= 15 is 0 Å². The summed E-state index contributed by atoms with van der Waals surface area (Å²) in [5.41, 5.74) is 3.33. The first-order chi connectivity index (χ1) is 14.4. The van der Waals surface area contributed by atoms with Crippen molar-refractivity contribution in [2.75, 3.05) is 5.43 Å². The molecule has 10 heteroatoms. The summed E-state index contributed by atoms with van der Waals surface area (Å²) in [6.07, 6.45) is 1.45. The van der Waals surface area contributed by atoms with E-state index in [9.17, 15) is 20.2 Å². The zero-order valence-electron chi connectivity index (χ0n) is 15.4. The van der Waals surface area contributed by atoms with Crippen LogP contribution >= 0.6 is 11.6 Å². The number of ether oxygens (including phenoxy) is 1. The molecule has 3 aromatic carbocycles. The topological polar surface area (TPSA) is 120 Å². The van der Waals surface area contributed by atoms with E-state index in [-0.39, 0.29) is 11.4 Å². The zero-order chi connectivity index (χ0) is 21.5. The van der Waals surface area contributed by atoms with Crippen LogP contribution in [-0.4, -0.2) is 16.1 Å². The lowest BCUT2D eigenvalue weighted by Gasteiger charge is -2.09. The Balaban J connectivity index is 1.73. The van der Waals surface area contributed by atoms with Crippen LogP contribution in [0.15, 0.2) is 71.8 Å². The number of nitrogens with zero attached hydrogens (tertiary/aromatic N) is 3. The summed E-state index contributed by atoms with van der Waals surface area (Å²) in [6.45, 7) is 0.323. The second-order valence-corrected chi connectivity index (χ2v) is 6.48. The molecule has 0 saturated heterocycles. The number of nitro benzene ring substituents is 2. The molecule has 0 unspecified atom stereocenters. The third kappa shape index (κ3) is 5.30. The number of nitro groups is 2. The molecule has 0 spiro atoms. The van der Waals surface area contributed by atoms with Crippen molar-refractivity contribution >= 4 is 34.9 Å². The van der Waals surface area contributed by atoms with E-state index < -0.39 is 15.5 Å². The minimum absolute atomic E-state index is 0.0291. The van der Waals surface area contributed by atoms with Gasteiger partial charge in [0, 0.05) is 16.7 Å². The van der Waals surface area contributed by atoms with Gasteiger partial charge in [0.1, 0.15) is 18.0 Å². The van der Waals surface area contributed by atoms with E-state index in [2.05, 4.69) is 10.5 Å². The molecule has 0 saturated carbocycles. The van der Waals surface area contributed by atoms with Crippen molar-refractivity contribution in [2.45, 2.75) is 6.61 Å². The van der Waals surface area contributed by atoms with Gasteiger partial charge in [-0.25, -0.2) is 0 Å². The molecule has 0 aliphatic carbocycles. The maximum absolute atomic E-state index is 11.2. The summed E-state index contributed by atoms with van der Waals surface area (Å²) in [6, 6.07) is 17.7. The van der Waals surface area contributed by atoms with Crippen LogP contribution in [0.3, 0.4) is 0 Å². The number of halogens is 1. The molecule has 0 amide bonds. The van der Waals surface area contributed by atoms with Crippen molar-refractivity contribution in [3.05, 3.63) is 103 Å². The predicted molar refractivity (Wildman–Crippen MR) is 113 cm³/mol. The van der Waals surface area contributed by atoms with Crippen molar-refractivity contribution in [1.29, 1.82) is 0 Å². The number of hydrazone groups is 1. The van der Waals surface area contributed by atoms with Gasteiger partial charge < -0.3 is 4.74 Å². The van der Waals surface area contributed by atoms with Gasteiger partial charge in [-0.15, -0.1) is 0 Å². The van der Waals surface area contributed by atoms with Crippen molar-refractivity contribution in [1.82, 2.24) is 0 Å². The zero-order valence-corrected chi connectivity index (χ0v) is 16.2. The summed E-state index contributed by atoms with van der Waals surface area (Å²) in [4.78, 5) is 20.6. The molecular formula is C20H15ClN4O5. The molecule has 0 bridgehead atoms. The van der Waals surface area contributed by atoms with Gasteiger partial charge in [-0.3, -0.25) is 25.7 Å². The number of benzene rings is 3. The summed E-state index contributed by atoms with van der Waals surface area (Å²) >= 11 is 5.88. The number of non-ortho nitro benzene ring substituents is 1. The molecule has 0 aliphatic heterocycles. The van der Waals surface area contributed by atoms with Gasteiger partial charge in [0.25, 0.3) is 5.69 Å². The average molecular weight is 427 g/mol. The molecule has 30 heavy (non-hydrogen) atoms. The molecule has 0 aromatic heterocycles. The fourth-order valence-corrected chi connectivity index (χ4v) is 2.64. The maximum Gasteiger partial charge on any atom is 0.301 e. The van der Waals surface area contributed by atoms with Crippen molar-refractivity contribution in [3.8, 4) is 5.75 Å². The highest BCUT2D eigenvalue weighted by atomic mass is 35.5. The monoisotopic (exact) mass is 426 g/mol. The Morgan fingerprint density at radius 2 is 1.73 bits per heavy atom. The molecule has 0 atom stereocenters. The van der Waals surface area contributed by atoms with E-state index in [1.807, 2.05) is 18.2 Å². The fraction of sp³-hybridized carbons (Fsp3) is 0.0500. The third-order valence-corrected chi connectivity index (χ3v) is 4.26. The highest BCUT2D eigenvalue weighted by Crippen LogP contribution is 2.29. The van der Waals surface area contributed by atoms with E-state index in [1.165, 1.54) is 12.3 Å². The third-order valence-electron chi connectivity index (χ3n) is 4.00. The highest BCUT2D eigenvalue weighted by molar-refractivity contribution is 6.30. The minimum atomic E-state index is -0.714. The average Bonchev–Trinajstić information content (AvgIpc) is 2.74. The fourth-order valence-electron chi connectivity index (χ4n) is 2.51. The Morgan fingerprint density at radius 3 is 2.43 bits per heavy atom. The molecule has 9 nitrogen and oxygen atoms in total. The molecule has 152 valence electrons. The van der Waals surface area contributed by atoms with Crippen LogP contribution in [0.4, 0.5) is 17.1 Å². The van der Waals surface area contributed by atoms with Crippen LogP contribution in [0, 0.1) is 20.2 Å². The molecule has 0 fully saturated rings. The van der Waals surface area contributed by atoms with Gasteiger partial charge in [-0.2, -0.15) is 5.10 Å². The Labute approximate surface area is 175 Å². The van der Waals surface area contributed by atoms with Crippen molar-refractivity contribution in [2.24, 2.45) is 5.10 Å². The molecule has 3 aromatic rings. The molecule has 0 aliphatic rings. The van der Waals surface area contributed by atoms with Crippen LogP contribution in [0.1, 0.15) is 11.1 Å². The normalized spacial score (nSPS) is 10.7. The highest BCUT2D eigenvalue weighted by Gasteiger charge is 2.19. The van der Waals surface area contributed by atoms with Crippen LogP contribution in [0.5, 0.6) is 5.75 Å². The van der Waals surface area contributed by atoms with Gasteiger partial charge in [0.05, 0.1) is 22.1 Å². The van der Waals surface area contributed by atoms with Gasteiger partial charge >= 0.3 is 5.69 Å². The number of nitrogens with one attached hydrogen (secondary N) is 1. The first-order valence-electron chi connectivity index (χ1n) is 8.62. The lowest BCUT2D eigenvalue weighted by Crippen LogP contribution is -2.00. The van der Waals surface area contributed by atoms with E-state index in [1.54, 1.807) is 30.3 Å². The van der Waals surface area contributed by atoms with Crippen LogP contribution in [0.2, 0.25) is 5.02 Å². The molecule has 1 N–H and O–H groups in total. The molecular weight excluding hydrogens is 412 g/mol. The molecule has 0 radical (unpaired) electrons. The largest absolute Gasteiger partial charge is 0.488 e. The van der Waals surface area contributed by atoms with Crippen LogP contribution in [0.25, 0.3) is 0 Å². The second-order valence-electron chi connectivity index (χ2n) is 6.04. The quantitative estimate of drug-likeness (QED) is 0.301. The van der Waals surface area contributed by atoms with Crippen molar-refractivity contribution in [3.63, 3.8) is 0 Å². The lowest BCUT2D eigenvalue weighted by atomic mass is 10.2. The van der Waals surface area contributed by atoms with Gasteiger partial charge in [-0.05, 0) is 35.9 Å². The maximum atomic E-state index is 11.2. The summed E-state index contributed by atoms with van der Waals surface area (Å²) < 4.78 is 5.82. The van der Waals surface area contributed by atoms with E-state index in [0.717, 1.165) is 17.7 Å². The second kappa shape index (κ2) is 9.48. The predicted octanol–water partition coefficient (Wildman–Crippen LogP) is 5.18. The van der Waals surface area contributed by atoms with E-state index in [0.29, 0.717) is 22.9 Å². The Bertz CT molecular complexity index is 1100.